The molecule has 0 spiro atoms. The van der Waals surface area contributed by atoms with Crippen LogP contribution in [0, 0.1) is 6.92 Å². The average molecular weight is 264 g/mol. The summed E-state index contributed by atoms with van der Waals surface area (Å²) in [6, 6.07) is 16.7. The van der Waals surface area contributed by atoms with Gasteiger partial charge in [0.1, 0.15) is 11.6 Å². The van der Waals surface area contributed by atoms with Gasteiger partial charge in [-0.2, -0.15) is 0 Å². The van der Waals surface area contributed by atoms with Gasteiger partial charge in [0.25, 0.3) is 0 Å². The molecule has 0 unspecified atom stereocenters. The van der Waals surface area contributed by atoms with Gasteiger partial charge in [0.15, 0.2) is 0 Å². The largest absolute Gasteiger partial charge is 0.310 e. The first kappa shape index (κ1) is 12.2. The minimum absolute atomic E-state index is 0.0859. The topological polar surface area (TPSA) is 0 Å². The standard InChI is InChI=1S/C19H22N/c1-13-9-10-17-15(11-13)18-12-14-7-5-6-8-16(14)19(17,2)20(18,3)4/h5-11,18H,12H2,1-4H3/q+1/t18-,19+/m1/s1. The fourth-order valence-electron chi connectivity index (χ4n) is 4.55. The first-order valence-corrected chi connectivity index (χ1v) is 7.49. The van der Waals surface area contributed by atoms with Crippen molar-refractivity contribution in [2.45, 2.75) is 31.8 Å². The van der Waals surface area contributed by atoms with Gasteiger partial charge in [-0.1, -0.05) is 42.0 Å². The number of likely N-dealkylation sites (N-methyl/N-ethyl adjacent to an activating group) is 1. The Balaban J connectivity index is 2.11. The third-order valence-corrected chi connectivity index (χ3v) is 5.98. The summed E-state index contributed by atoms with van der Waals surface area (Å²) in [6.07, 6.45) is 1.16. The molecule has 2 aliphatic heterocycles. The van der Waals surface area contributed by atoms with Crippen molar-refractivity contribution in [3.8, 4) is 0 Å². The lowest BCUT2D eigenvalue weighted by atomic mass is 9.79. The van der Waals surface area contributed by atoms with Crippen molar-refractivity contribution in [2.75, 3.05) is 14.1 Å². The van der Waals surface area contributed by atoms with Crippen LogP contribution in [-0.4, -0.2) is 18.6 Å². The lowest BCUT2D eigenvalue weighted by Crippen LogP contribution is -2.56. The van der Waals surface area contributed by atoms with E-state index in [2.05, 4.69) is 70.4 Å². The highest BCUT2D eigenvalue weighted by Gasteiger charge is 2.60. The highest BCUT2D eigenvalue weighted by atomic mass is 15.4. The zero-order chi connectivity index (χ0) is 14.1. The van der Waals surface area contributed by atoms with Crippen molar-refractivity contribution in [3.63, 3.8) is 0 Å². The van der Waals surface area contributed by atoms with Gasteiger partial charge in [0.05, 0.1) is 14.1 Å². The smallest absolute Gasteiger partial charge is 0.148 e. The summed E-state index contributed by atoms with van der Waals surface area (Å²) < 4.78 is 1.04. The maximum atomic E-state index is 2.43. The number of benzene rings is 2. The molecule has 0 aromatic heterocycles. The highest BCUT2D eigenvalue weighted by molar-refractivity contribution is 5.52. The molecule has 0 saturated heterocycles. The Hall–Kier alpha value is -1.60. The molecule has 0 fully saturated rings. The van der Waals surface area contributed by atoms with Crippen LogP contribution in [0.1, 0.15) is 40.8 Å². The summed E-state index contributed by atoms with van der Waals surface area (Å²) >= 11 is 0. The highest BCUT2D eigenvalue weighted by Crippen LogP contribution is 2.58. The van der Waals surface area contributed by atoms with Crippen LogP contribution in [0.5, 0.6) is 0 Å². The van der Waals surface area contributed by atoms with Crippen LogP contribution in [0.4, 0.5) is 0 Å². The average Bonchev–Trinajstić information content (AvgIpc) is 2.53. The van der Waals surface area contributed by atoms with Crippen molar-refractivity contribution in [3.05, 3.63) is 70.3 Å². The van der Waals surface area contributed by atoms with E-state index in [-0.39, 0.29) is 5.54 Å². The zero-order valence-corrected chi connectivity index (χ0v) is 12.8. The minimum Gasteiger partial charge on any atom is -0.310 e. The number of hydrogen-bond donors (Lipinski definition) is 0. The van der Waals surface area contributed by atoms with Crippen molar-refractivity contribution in [1.82, 2.24) is 0 Å². The molecule has 2 aliphatic rings. The van der Waals surface area contributed by atoms with Crippen LogP contribution in [-0.2, 0) is 12.0 Å². The van der Waals surface area contributed by atoms with E-state index >= 15 is 0 Å². The Bertz CT molecular complexity index is 713. The van der Waals surface area contributed by atoms with Gasteiger partial charge < -0.3 is 4.48 Å². The summed E-state index contributed by atoms with van der Waals surface area (Å²) in [4.78, 5) is 0. The van der Waals surface area contributed by atoms with Gasteiger partial charge in [0.2, 0.25) is 0 Å². The number of quaternary nitrogens is 1. The molecule has 1 nitrogen and oxygen atoms in total. The Morgan fingerprint density at radius 1 is 1.05 bits per heavy atom. The summed E-state index contributed by atoms with van der Waals surface area (Å²) in [6.45, 7) is 4.64. The predicted molar refractivity (Wildman–Crippen MR) is 82.6 cm³/mol. The second-order valence-corrected chi connectivity index (χ2v) is 7.08. The molecule has 0 N–H and O–H groups in total. The molecule has 4 rings (SSSR count). The van der Waals surface area contributed by atoms with Crippen molar-refractivity contribution in [1.29, 1.82) is 0 Å². The molecule has 2 aromatic rings. The summed E-state index contributed by atoms with van der Waals surface area (Å²) in [5, 5.41) is 0. The van der Waals surface area contributed by atoms with Crippen LogP contribution in [0.2, 0.25) is 0 Å². The van der Waals surface area contributed by atoms with Crippen molar-refractivity contribution in [2.24, 2.45) is 0 Å². The maximum Gasteiger partial charge on any atom is 0.148 e. The molecular formula is C19H22N+. The van der Waals surface area contributed by atoms with Gasteiger partial charge in [-0.15, -0.1) is 0 Å². The SMILES string of the molecule is Cc1ccc2c(c1)[C@H]1Cc3ccccc3[C@]2(C)[N+]1(C)C. The van der Waals surface area contributed by atoms with Crippen LogP contribution in [0.15, 0.2) is 42.5 Å². The molecule has 2 aromatic carbocycles. The molecule has 0 saturated carbocycles. The number of nitrogens with zero attached hydrogens (tertiary/aromatic N) is 1. The fraction of sp³-hybridized carbons (Fsp3) is 0.368. The number of fused-ring (bicyclic) bond motifs is 7. The second-order valence-electron chi connectivity index (χ2n) is 7.08. The van der Waals surface area contributed by atoms with Gasteiger partial charge >= 0.3 is 0 Å². The molecule has 2 bridgehead atoms. The van der Waals surface area contributed by atoms with Crippen LogP contribution >= 0.6 is 0 Å². The molecule has 0 aliphatic carbocycles. The summed E-state index contributed by atoms with van der Waals surface area (Å²) in [7, 11) is 4.80. The molecule has 102 valence electrons. The van der Waals surface area contributed by atoms with Gasteiger partial charge in [-0.25, -0.2) is 0 Å². The summed E-state index contributed by atoms with van der Waals surface area (Å²) in [5.41, 5.74) is 7.61. The Morgan fingerprint density at radius 3 is 2.60 bits per heavy atom. The number of rotatable bonds is 0. The fourth-order valence-corrected chi connectivity index (χ4v) is 4.55. The van der Waals surface area contributed by atoms with Crippen LogP contribution in [0.3, 0.4) is 0 Å². The van der Waals surface area contributed by atoms with Gasteiger partial charge in [-0.05, 0) is 25.5 Å². The van der Waals surface area contributed by atoms with Gasteiger partial charge in [0, 0.05) is 23.1 Å². The van der Waals surface area contributed by atoms with E-state index in [1.807, 2.05) is 0 Å². The number of aryl methyl sites for hydroxylation is 1. The first-order valence-electron chi connectivity index (χ1n) is 7.49. The summed E-state index contributed by atoms with van der Waals surface area (Å²) in [5.74, 6) is 0. The van der Waals surface area contributed by atoms with Gasteiger partial charge in [-0.3, -0.25) is 0 Å². The predicted octanol–water partition coefficient (Wildman–Crippen LogP) is 3.95. The van der Waals surface area contributed by atoms with E-state index < -0.39 is 0 Å². The second kappa shape index (κ2) is 3.53. The van der Waals surface area contributed by atoms with Crippen molar-refractivity contribution >= 4 is 0 Å². The normalized spacial score (nSPS) is 28.9. The Kier molecular flexibility index (Phi) is 2.15. The lowest BCUT2D eigenvalue weighted by molar-refractivity contribution is -0.964. The van der Waals surface area contributed by atoms with E-state index in [1.165, 1.54) is 22.3 Å². The Morgan fingerprint density at radius 2 is 1.80 bits per heavy atom. The quantitative estimate of drug-likeness (QED) is 0.632. The minimum atomic E-state index is 0.0859. The van der Waals surface area contributed by atoms with E-state index in [0.717, 1.165) is 10.9 Å². The third-order valence-electron chi connectivity index (χ3n) is 5.98. The van der Waals surface area contributed by atoms with Crippen LogP contribution in [0.25, 0.3) is 0 Å². The molecule has 1 heteroatoms. The van der Waals surface area contributed by atoms with E-state index in [9.17, 15) is 0 Å². The maximum absolute atomic E-state index is 2.43. The monoisotopic (exact) mass is 264 g/mol. The molecule has 0 radical (unpaired) electrons. The third kappa shape index (κ3) is 1.18. The molecule has 2 heterocycles. The van der Waals surface area contributed by atoms with E-state index in [1.54, 1.807) is 5.56 Å². The van der Waals surface area contributed by atoms with Crippen molar-refractivity contribution < 1.29 is 4.48 Å². The molecule has 2 atom stereocenters. The zero-order valence-electron chi connectivity index (χ0n) is 12.8. The molecular weight excluding hydrogens is 242 g/mol. The van der Waals surface area contributed by atoms with E-state index in [4.69, 9.17) is 0 Å². The number of hydrogen-bond acceptors (Lipinski definition) is 0. The lowest BCUT2D eigenvalue weighted by Gasteiger charge is -2.49. The Labute approximate surface area is 121 Å². The molecule has 0 amide bonds. The van der Waals surface area contributed by atoms with Crippen LogP contribution < -0.4 is 0 Å². The van der Waals surface area contributed by atoms with E-state index in [0.29, 0.717) is 6.04 Å². The first-order chi connectivity index (χ1) is 9.46. The molecule has 20 heavy (non-hydrogen) atoms.